The molecule has 1 saturated carbocycles. The van der Waals surface area contributed by atoms with Gasteiger partial charge in [0, 0.05) is 31.0 Å². The van der Waals surface area contributed by atoms with Crippen LogP contribution in [0.2, 0.25) is 0 Å². The minimum atomic E-state index is -0.147. The van der Waals surface area contributed by atoms with Gasteiger partial charge in [-0.1, -0.05) is 0 Å². The lowest BCUT2D eigenvalue weighted by Crippen LogP contribution is -2.50. The van der Waals surface area contributed by atoms with Crippen molar-refractivity contribution in [2.24, 2.45) is 11.3 Å². The second kappa shape index (κ2) is 4.38. The van der Waals surface area contributed by atoms with E-state index in [1.807, 2.05) is 0 Å². The zero-order valence-electron chi connectivity index (χ0n) is 9.84. The Hall–Kier alpha value is -0.150. The highest BCUT2D eigenvalue weighted by atomic mass is 19.1. The number of nitrogens with zero attached hydrogens (tertiary/aromatic N) is 1. The molecule has 0 aromatic rings. The monoisotopic (exact) mass is 215 g/mol. The molecule has 0 amide bonds. The number of ether oxygens (including phenoxy) is 1. The molecule has 0 atom stereocenters. The highest BCUT2D eigenvalue weighted by Crippen LogP contribution is 2.47. The second-order valence-corrected chi connectivity index (χ2v) is 5.57. The van der Waals surface area contributed by atoms with Crippen LogP contribution in [0.3, 0.4) is 0 Å². The third-order valence-electron chi connectivity index (χ3n) is 3.49. The molecule has 1 heterocycles. The minimum Gasteiger partial charge on any atom is -0.378 e. The van der Waals surface area contributed by atoms with Gasteiger partial charge >= 0.3 is 0 Å². The molecule has 2 fully saturated rings. The van der Waals surface area contributed by atoms with E-state index < -0.39 is 0 Å². The van der Waals surface area contributed by atoms with Gasteiger partial charge in [0.2, 0.25) is 0 Å². The maximum absolute atomic E-state index is 12.3. The predicted molar refractivity (Wildman–Crippen MR) is 58.7 cm³/mol. The zero-order chi connectivity index (χ0) is 10.9. The van der Waals surface area contributed by atoms with Gasteiger partial charge in [-0.05, 0) is 26.7 Å². The van der Waals surface area contributed by atoms with Gasteiger partial charge < -0.3 is 9.64 Å². The van der Waals surface area contributed by atoms with E-state index in [-0.39, 0.29) is 6.67 Å². The summed E-state index contributed by atoms with van der Waals surface area (Å²) in [4.78, 5) is 2.38. The third-order valence-corrected chi connectivity index (χ3v) is 3.49. The van der Waals surface area contributed by atoms with E-state index >= 15 is 0 Å². The molecular weight excluding hydrogens is 193 g/mol. The van der Waals surface area contributed by atoms with Crippen molar-refractivity contribution in [1.82, 2.24) is 4.90 Å². The first-order chi connectivity index (χ1) is 7.13. The lowest BCUT2D eigenvalue weighted by Gasteiger charge is -2.40. The zero-order valence-corrected chi connectivity index (χ0v) is 9.84. The lowest BCUT2D eigenvalue weighted by molar-refractivity contribution is 0.00518. The van der Waals surface area contributed by atoms with Gasteiger partial charge in [-0.3, -0.25) is 4.39 Å². The number of alkyl halides is 1. The lowest BCUT2D eigenvalue weighted by atomic mass is 9.98. The largest absolute Gasteiger partial charge is 0.378 e. The first kappa shape index (κ1) is 11.3. The van der Waals surface area contributed by atoms with Crippen LogP contribution in [0.25, 0.3) is 0 Å². The fourth-order valence-electron chi connectivity index (χ4n) is 2.25. The van der Waals surface area contributed by atoms with Gasteiger partial charge in [0.05, 0.1) is 19.4 Å². The van der Waals surface area contributed by atoms with Crippen LogP contribution in [-0.4, -0.2) is 43.9 Å². The van der Waals surface area contributed by atoms with Crippen molar-refractivity contribution in [3.8, 4) is 0 Å². The molecule has 88 valence electrons. The first-order valence-corrected chi connectivity index (χ1v) is 6.03. The van der Waals surface area contributed by atoms with E-state index in [4.69, 9.17) is 4.74 Å². The van der Waals surface area contributed by atoms with Crippen LogP contribution in [0.1, 0.15) is 26.7 Å². The van der Waals surface area contributed by atoms with Crippen LogP contribution in [0.4, 0.5) is 4.39 Å². The molecule has 0 spiro atoms. The fourth-order valence-corrected chi connectivity index (χ4v) is 2.25. The van der Waals surface area contributed by atoms with Gasteiger partial charge in [-0.2, -0.15) is 0 Å². The van der Waals surface area contributed by atoms with E-state index in [0.717, 1.165) is 26.2 Å². The van der Waals surface area contributed by atoms with Crippen molar-refractivity contribution in [3.63, 3.8) is 0 Å². The number of hydrogen-bond donors (Lipinski definition) is 0. The maximum atomic E-state index is 12.3. The summed E-state index contributed by atoms with van der Waals surface area (Å²) >= 11 is 0. The van der Waals surface area contributed by atoms with Gasteiger partial charge in [-0.25, -0.2) is 0 Å². The summed E-state index contributed by atoms with van der Waals surface area (Å²) in [6, 6.07) is 0. The first-order valence-electron chi connectivity index (χ1n) is 6.03. The van der Waals surface area contributed by atoms with Crippen molar-refractivity contribution in [2.45, 2.75) is 32.8 Å². The van der Waals surface area contributed by atoms with Crippen molar-refractivity contribution in [2.75, 3.05) is 32.9 Å². The Labute approximate surface area is 91.8 Å². The SMILES string of the molecule is CC(C)OCC1(CN2CC(CF)C2)CC1. The molecule has 1 aliphatic carbocycles. The summed E-state index contributed by atoms with van der Waals surface area (Å²) < 4.78 is 18.0. The molecule has 2 aliphatic rings. The van der Waals surface area contributed by atoms with E-state index in [2.05, 4.69) is 18.7 Å². The van der Waals surface area contributed by atoms with Crippen LogP contribution in [0.5, 0.6) is 0 Å². The Morgan fingerprint density at radius 3 is 2.53 bits per heavy atom. The summed E-state index contributed by atoms with van der Waals surface area (Å²) in [6.07, 6.45) is 2.91. The second-order valence-electron chi connectivity index (χ2n) is 5.57. The van der Waals surface area contributed by atoms with Gasteiger partial charge in [0.1, 0.15) is 0 Å². The van der Waals surface area contributed by atoms with Crippen molar-refractivity contribution < 1.29 is 9.13 Å². The number of hydrogen-bond acceptors (Lipinski definition) is 2. The molecule has 1 saturated heterocycles. The molecule has 3 heteroatoms. The standard InChI is InChI=1S/C12H22FNO/c1-10(2)15-9-12(3-4-12)8-14-6-11(5-13)7-14/h10-11H,3-9H2,1-2H3. The number of likely N-dealkylation sites (tertiary alicyclic amines) is 1. The molecule has 0 radical (unpaired) electrons. The van der Waals surface area contributed by atoms with Crippen LogP contribution in [0.15, 0.2) is 0 Å². The molecule has 15 heavy (non-hydrogen) atoms. The van der Waals surface area contributed by atoms with Crippen LogP contribution >= 0.6 is 0 Å². The molecule has 0 aromatic carbocycles. The Kier molecular flexibility index (Phi) is 3.31. The molecule has 0 unspecified atom stereocenters. The smallest absolute Gasteiger partial charge is 0.0947 e. The fraction of sp³-hybridized carbons (Fsp3) is 1.00. The van der Waals surface area contributed by atoms with Gasteiger partial charge in [0.15, 0.2) is 0 Å². The summed E-state index contributed by atoms with van der Waals surface area (Å²) in [5, 5.41) is 0. The molecule has 2 nitrogen and oxygen atoms in total. The highest BCUT2D eigenvalue weighted by molar-refractivity contribution is 4.98. The highest BCUT2D eigenvalue weighted by Gasteiger charge is 2.46. The topological polar surface area (TPSA) is 12.5 Å². The molecule has 0 bridgehead atoms. The molecule has 0 N–H and O–H groups in total. The van der Waals surface area contributed by atoms with Crippen molar-refractivity contribution >= 4 is 0 Å². The van der Waals surface area contributed by atoms with E-state index in [1.54, 1.807) is 0 Å². The maximum Gasteiger partial charge on any atom is 0.0947 e. The van der Waals surface area contributed by atoms with Crippen LogP contribution in [0, 0.1) is 11.3 Å². The molecule has 1 aliphatic heterocycles. The van der Waals surface area contributed by atoms with Crippen molar-refractivity contribution in [1.29, 1.82) is 0 Å². The van der Waals surface area contributed by atoms with Crippen molar-refractivity contribution in [3.05, 3.63) is 0 Å². The molecular formula is C12H22FNO. The summed E-state index contributed by atoms with van der Waals surface area (Å²) in [5.41, 5.74) is 0.422. The predicted octanol–water partition coefficient (Wildman–Crippen LogP) is 2.09. The summed E-state index contributed by atoms with van der Waals surface area (Å²) in [7, 11) is 0. The quantitative estimate of drug-likeness (QED) is 0.672. The average molecular weight is 215 g/mol. The third kappa shape index (κ3) is 2.91. The van der Waals surface area contributed by atoms with Crippen LogP contribution in [-0.2, 0) is 4.74 Å². The molecule has 0 aromatic heterocycles. The van der Waals surface area contributed by atoms with Gasteiger partial charge in [-0.15, -0.1) is 0 Å². The Bertz CT molecular complexity index is 210. The Morgan fingerprint density at radius 1 is 1.40 bits per heavy atom. The van der Waals surface area contributed by atoms with E-state index in [1.165, 1.54) is 12.8 Å². The summed E-state index contributed by atoms with van der Waals surface area (Å²) in [5.74, 6) is 0.312. The van der Waals surface area contributed by atoms with Crippen LogP contribution < -0.4 is 0 Å². The van der Waals surface area contributed by atoms with E-state index in [0.29, 0.717) is 17.4 Å². The number of halogens is 1. The normalized spacial score (nSPS) is 25.6. The minimum absolute atomic E-state index is 0.147. The average Bonchev–Trinajstić information content (AvgIpc) is 2.88. The molecule has 2 rings (SSSR count). The Balaban J connectivity index is 1.66. The Morgan fingerprint density at radius 2 is 2.07 bits per heavy atom. The van der Waals surface area contributed by atoms with Gasteiger partial charge in [0.25, 0.3) is 0 Å². The van der Waals surface area contributed by atoms with E-state index in [9.17, 15) is 4.39 Å². The number of rotatable bonds is 6. The summed E-state index contributed by atoms with van der Waals surface area (Å²) in [6.45, 7) is 7.95.